The van der Waals surface area contributed by atoms with Crippen molar-refractivity contribution in [1.82, 2.24) is 4.98 Å². The molecule has 0 spiro atoms. The van der Waals surface area contributed by atoms with Gasteiger partial charge in [-0.25, -0.2) is 4.98 Å². The number of aromatic nitrogens is 1. The van der Waals surface area contributed by atoms with Crippen LogP contribution < -0.4 is 0 Å². The zero-order chi connectivity index (χ0) is 14.7. The van der Waals surface area contributed by atoms with Crippen molar-refractivity contribution in [3.8, 4) is 0 Å². The summed E-state index contributed by atoms with van der Waals surface area (Å²) < 4.78 is 4.47. The number of fused-ring (bicyclic) bond motifs is 2. The zero-order valence-electron chi connectivity index (χ0n) is 11.0. The molecule has 4 heteroatoms. The summed E-state index contributed by atoms with van der Waals surface area (Å²) in [5.74, 6) is -0.128. The maximum atomic E-state index is 12.1. The highest BCUT2D eigenvalue weighted by molar-refractivity contribution is 6.28. The van der Waals surface area contributed by atoms with Crippen LogP contribution in [0.3, 0.4) is 0 Å². The van der Waals surface area contributed by atoms with Gasteiger partial charge in [-0.2, -0.15) is 0 Å². The lowest BCUT2D eigenvalue weighted by Gasteiger charge is -2.16. The highest BCUT2D eigenvalue weighted by Gasteiger charge is 2.28. The van der Waals surface area contributed by atoms with Gasteiger partial charge in [0.1, 0.15) is 6.26 Å². The van der Waals surface area contributed by atoms with Gasteiger partial charge < -0.3 is 4.42 Å². The molecular formula is C17H11NO3. The molecule has 1 heterocycles. The Morgan fingerprint density at radius 3 is 1.38 bits per heavy atom. The van der Waals surface area contributed by atoms with Crippen molar-refractivity contribution in [2.45, 2.75) is 0 Å². The number of ketones is 2. The van der Waals surface area contributed by atoms with Crippen LogP contribution in [0.4, 0.5) is 0 Å². The fraction of sp³-hybridized carbons (Fsp3) is 0. The van der Waals surface area contributed by atoms with Crippen LogP contribution in [0.15, 0.2) is 71.8 Å². The smallest absolute Gasteiger partial charge is 0.194 e. The van der Waals surface area contributed by atoms with E-state index in [1.165, 1.54) is 12.7 Å². The second kappa shape index (κ2) is 5.54. The first kappa shape index (κ1) is 13.0. The standard InChI is InChI=1S/C14H8O2.C3H3NO/c15-13-9-5-1-2-6-10(9)14(16)12-8-4-3-7-11(12)13;1-2-5-3-4-1/h1-8H;1-3H. The number of carbonyl (C=O) groups excluding carboxylic acids is 2. The highest BCUT2D eigenvalue weighted by atomic mass is 16.3. The Labute approximate surface area is 121 Å². The van der Waals surface area contributed by atoms with Crippen molar-refractivity contribution in [3.05, 3.63) is 89.6 Å². The molecule has 3 aromatic rings. The molecule has 4 rings (SSSR count). The summed E-state index contributed by atoms with van der Waals surface area (Å²) in [5.41, 5.74) is 2.02. The second-order valence-electron chi connectivity index (χ2n) is 4.43. The third kappa shape index (κ3) is 2.39. The van der Waals surface area contributed by atoms with Gasteiger partial charge in [-0.3, -0.25) is 9.59 Å². The van der Waals surface area contributed by atoms with Crippen molar-refractivity contribution in [2.75, 3.05) is 0 Å². The highest BCUT2D eigenvalue weighted by Crippen LogP contribution is 2.26. The predicted molar refractivity (Wildman–Crippen MR) is 76.3 cm³/mol. The summed E-state index contributed by atoms with van der Waals surface area (Å²) in [5, 5.41) is 0. The monoisotopic (exact) mass is 277 g/mol. The normalized spacial score (nSPS) is 12.0. The van der Waals surface area contributed by atoms with E-state index in [0.717, 1.165) is 0 Å². The molecule has 0 saturated heterocycles. The van der Waals surface area contributed by atoms with E-state index < -0.39 is 0 Å². The Morgan fingerprint density at radius 1 is 0.714 bits per heavy atom. The molecule has 4 nitrogen and oxygen atoms in total. The van der Waals surface area contributed by atoms with E-state index in [1.807, 2.05) is 0 Å². The molecule has 2 aromatic carbocycles. The van der Waals surface area contributed by atoms with Crippen molar-refractivity contribution in [1.29, 1.82) is 0 Å². The topological polar surface area (TPSA) is 60.2 Å². The van der Waals surface area contributed by atoms with E-state index in [-0.39, 0.29) is 11.6 Å². The van der Waals surface area contributed by atoms with Crippen LogP contribution >= 0.6 is 0 Å². The molecule has 1 aliphatic rings. The van der Waals surface area contributed by atoms with Crippen LogP contribution in [0.2, 0.25) is 0 Å². The summed E-state index contributed by atoms with van der Waals surface area (Å²) in [7, 11) is 0. The van der Waals surface area contributed by atoms with Crippen LogP contribution in [0.25, 0.3) is 0 Å². The molecule has 0 bridgehead atoms. The molecular weight excluding hydrogens is 266 g/mol. The summed E-state index contributed by atoms with van der Waals surface area (Å²) in [4.78, 5) is 27.8. The Balaban J connectivity index is 0.000000225. The van der Waals surface area contributed by atoms with Crippen LogP contribution in [0.5, 0.6) is 0 Å². The Hall–Kier alpha value is -3.01. The Bertz CT molecular complexity index is 669. The summed E-state index contributed by atoms with van der Waals surface area (Å²) in [6.07, 6.45) is 4.47. The number of benzene rings is 2. The van der Waals surface area contributed by atoms with Crippen LogP contribution in [0, 0.1) is 0 Å². The summed E-state index contributed by atoms with van der Waals surface area (Å²) >= 11 is 0. The van der Waals surface area contributed by atoms with Crippen molar-refractivity contribution >= 4 is 11.6 Å². The van der Waals surface area contributed by atoms with Crippen LogP contribution in [-0.4, -0.2) is 16.6 Å². The Morgan fingerprint density at radius 2 is 1.14 bits per heavy atom. The van der Waals surface area contributed by atoms with Gasteiger partial charge in [-0.05, 0) is 0 Å². The maximum Gasteiger partial charge on any atom is 0.194 e. The third-order valence-corrected chi connectivity index (χ3v) is 3.18. The van der Waals surface area contributed by atoms with Crippen molar-refractivity contribution in [2.24, 2.45) is 0 Å². The van der Waals surface area contributed by atoms with Crippen molar-refractivity contribution < 1.29 is 14.0 Å². The molecule has 0 atom stereocenters. The van der Waals surface area contributed by atoms with Gasteiger partial charge in [-0.1, -0.05) is 48.5 Å². The molecule has 0 unspecified atom stereocenters. The van der Waals surface area contributed by atoms with Gasteiger partial charge in [0.2, 0.25) is 0 Å². The van der Waals surface area contributed by atoms with Gasteiger partial charge in [0, 0.05) is 22.3 Å². The minimum Gasteiger partial charge on any atom is -0.452 e. The number of hydrogen-bond acceptors (Lipinski definition) is 4. The molecule has 21 heavy (non-hydrogen) atoms. The lowest BCUT2D eigenvalue weighted by molar-refractivity contribution is 0.0979. The number of hydrogen-bond donors (Lipinski definition) is 0. The van der Waals surface area contributed by atoms with E-state index in [9.17, 15) is 9.59 Å². The van der Waals surface area contributed by atoms with Gasteiger partial charge in [0.25, 0.3) is 0 Å². The molecule has 0 saturated carbocycles. The molecule has 102 valence electrons. The molecule has 0 N–H and O–H groups in total. The minimum atomic E-state index is -0.0641. The Kier molecular flexibility index (Phi) is 3.43. The molecule has 0 amide bonds. The van der Waals surface area contributed by atoms with E-state index in [1.54, 1.807) is 54.7 Å². The number of nitrogens with zero attached hydrogens (tertiary/aromatic N) is 1. The van der Waals surface area contributed by atoms with Gasteiger partial charge in [0.15, 0.2) is 18.0 Å². The maximum absolute atomic E-state index is 12.1. The SMILES string of the molecule is O=C1c2ccccc2C(=O)c2ccccc21.c1cocn1. The first-order valence-corrected chi connectivity index (χ1v) is 6.38. The zero-order valence-corrected chi connectivity index (χ0v) is 11.0. The lowest BCUT2D eigenvalue weighted by atomic mass is 9.84. The average Bonchev–Trinajstić information content (AvgIpc) is 3.12. The molecule has 0 aliphatic heterocycles. The van der Waals surface area contributed by atoms with E-state index in [0.29, 0.717) is 22.3 Å². The predicted octanol–water partition coefficient (Wildman–Crippen LogP) is 3.14. The molecule has 1 aliphatic carbocycles. The first-order chi connectivity index (χ1) is 10.3. The largest absolute Gasteiger partial charge is 0.452 e. The lowest BCUT2D eigenvalue weighted by Crippen LogP contribution is -2.20. The van der Waals surface area contributed by atoms with E-state index >= 15 is 0 Å². The van der Waals surface area contributed by atoms with Gasteiger partial charge in [0.05, 0.1) is 6.20 Å². The second-order valence-corrected chi connectivity index (χ2v) is 4.43. The van der Waals surface area contributed by atoms with Gasteiger partial charge in [-0.15, -0.1) is 0 Å². The summed E-state index contributed by atoms with van der Waals surface area (Å²) in [6, 6.07) is 13.9. The number of rotatable bonds is 0. The fourth-order valence-electron chi connectivity index (χ4n) is 2.22. The average molecular weight is 277 g/mol. The minimum absolute atomic E-state index is 0.0641. The van der Waals surface area contributed by atoms with E-state index in [4.69, 9.17) is 0 Å². The molecule has 0 radical (unpaired) electrons. The fourth-order valence-corrected chi connectivity index (χ4v) is 2.22. The molecule has 0 fully saturated rings. The van der Waals surface area contributed by atoms with Crippen LogP contribution in [-0.2, 0) is 0 Å². The molecule has 1 aromatic heterocycles. The third-order valence-electron chi connectivity index (χ3n) is 3.18. The quantitative estimate of drug-likeness (QED) is 0.495. The number of carbonyl (C=O) groups is 2. The number of oxazole rings is 1. The van der Waals surface area contributed by atoms with Crippen LogP contribution in [0.1, 0.15) is 31.8 Å². The van der Waals surface area contributed by atoms with Gasteiger partial charge >= 0.3 is 0 Å². The van der Waals surface area contributed by atoms with E-state index in [2.05, 4.69) is 9.40 Å². The summed E-state index contributed by atoms with van der Waals surface area (Å²) in [6.45, 7) is 0. The van der Waals surface area contributed by atoms with Crippen molar-refractivity contribution in [3.63, 3.8) is 0 Å². The first-order valence-electron chi connectivity index (χ1n) is 6.38.